The van der Waals surface area contributed by atoms with Gasteiger partial charge in [-0.1, -0.05) is 18.5 Å². The van der Waals surface area contributed by atoms with Crippen molar-refractivity contribution in [3.8, 4) is 5.75 Å². The average Bonchev–Trinajstić information content (AvgIpc) is 3.13. The molecule has 0 radical (unpaired) electrons. The molecule has 7 heteroatoms. The van der Waals surface area contributed by atoms with Crippen LogP contribution in [0.2, 0.25) is 5.02 Å². The number of phenols is 1. The zero-order valence-corrected chi connectivity index (χ0v) is 14.5. The highest BCUT2D eigenvalue weighted by molar-refractivity contribution is 6.31. The summed E-state index contributed by atoms with van der Waals surface area (Å²) in [4.78, 5) is 23.8. The summed E-state index contributed by atoms with van der Waals surface area (Å²) in [5.41, 5.74) is 4.56. The number of carbonyl (C=O) groups is 2. The molecule has 2 atom stereocenters. The Morgan fingerprint density at radius 1 is 1.28 bits per heavy atom. The molecule has 1 aromatic heterocycles. The van der Waals surface area contributed by atoms with Crippen molar-refractivity contribution in [2.45, 2.75) is 32.1 Å². The van der Waals surface area contributed by atoms with Crippen molar-refractivity contribution in [3.05, 3.63) is 52.4 Å². The second-order valence-electron chi connectivity index (χ2n) is 6.29. The molecule has 1 aliphatic carbocycles. The number of aryl methyl sites for hydroxylation is 1. The number of benzene rings is 1. The summed E-state index contributed by atoms with van der Waals surface area (Å²) in [7, 11) is 0. The number of phenolic OH excluding ortho intramolecular Hbond substituents is 1. The zero-order chi connectivity index (χ0) is 18.0. The van der Waals surface area contributed by atoms with Gasteiger partial charge in [-0.15, -0.1) is 0 Å². The van der Waals surface area contributed by atoms with Gasteiger partial charge in [0.25, 0.3) is 5.91 Å². The highest BCUT2D eigenvalue weighted by atomic mass is 35.5. The fourth-order valence-electron chi connectivity index (χ4n) is 2.63. The van der Waals surface area contributed by atoms with Crippen LogP contribution in [0.25, 0.3) is 0 Å². The minimum Gasteiger partial charge on any atom is -0.507 e. The molecule has 0 aliphatic heterocycles. The van der Waals surface area contributed by atoms with Crippen LogP contribution in [0.15, 0.2) is 34.7 Å². The Kier molecular flexibility index (Phi) is 4.99. The van der Waals surface area contributed by atoms with E-state index in [1.807, 2.05) is 12.1 Å². The second kappa shape index (κ2) is 7.19. The van der Waals surface area contributed by atoms with E-state index < -0.39 is 5.91 Å². The number of hydrogen-bond acceptors (Lipinski definition) is 4. The minimum absolute atomic E-state index is 0.0120. The van der Waals surface area contributed by atoms with Gasteiger partial charge in [-0.3, -0.25) is 20.4 Å². The number of hydrogen-bond donors (Lipinski definition) is 3. The average molecular weight is 363 g/mol. The number of hydrazine groups is 1. The van der Waals surface area contributed by atoms with E-state index in [1.54, 1.807) is 0 Å². The van der Waals surface area contributed by atoms with Crippen LogP contribution in [-0.4, -0.2) is 16.9 Å². The van der Waals surface area contributed by atoms with E-state index in [2.05, 4.69) is 17.8 Å². The van der Waals surface area contributed by atoms with Crippen molar-refractivity contribution in [3.63, 3.8) is 0 Å². The number of rotatable bonds is 5. The van der Waals surface area contributed by atoms with Crippen LogP contribution < -0.4 is 10.9 Å². The van der Waals surface area contributed by atoms with Crippen molar-refractivity contribution < 1.29 is 19.1 Å². The third-order valence-corrected chi connectivity index (χ3v) is 4.51. The minimum atomic E-state index is -0.642. The van der Waals surface area contributed by atoms with Crippen molar-refractivity contribution in [2.24, 2.45) is 5.92 Å². The van der Waals surface area contributed by atoms with Crippen LogP contribution in [-0.2, 0) is 11.2 Å². The van der Waals surface area contributed by atoms with Gasteiger partial charge in [-0.2, -0.15) is 0 Å². The molecule has 1 fully saturated rings. The van der Waals surface area contributed by atoms with Crippen LogP contribution in [0, 0.1) is 5.92 Å². The van der Waals surface area contributed by atoms with Gasteiger partial charge >= 0.3 is 0 Å². The first-order valence-electron chi connectivity index (χ1n) is 8.10. The Bertz CT molecular complexity index is 802. The van der Waals surface area contributed by atoms with Crippen molar-refractivity contribution in [2.75, 3.05) is 0 Å². The van der Waals surface area contributed by atoms with Gasteiger partial charge in [-0.25, -0.2) is 0 Å². The van der Waals surface area contributed by atoms with E-state index in [9.17, 15) is 14.7 Å². The Hall–Kier alpha value is -2.47. The molecule has 3 rings (SSSR count). The summed E-state index contributed by atoms with van der Waals surface area (Å²) in [6.07, 6.45) is 1.77. The number of carbonyl (C=O) groups excluding carboxylic acids is 2. The molecule has 0 saturated heterocycles. The van der Waals surface area contributed by atoms with Gasteiger partial charge in [-0.05, 0) is 42.7 Å². The van der Waals surface area contributed by atoms with Crippen molar-refractivity contribution >= 4 is 23.4 Å². The van der Waals surface area contributed by atoms with E-state index in [1.165, 1.54) is 18.2 Å². The van der Waals surface area contributed by atoms with E-state index in [0.717, 1.165) is 17.9 Å². The summed E-state index contributed by atoms with van der Waals surface area (Å²) in [5.74, 6) is 1.70. The predicted octanol–water partition coefficient (Wildman–Crippen LogP) is 3.16. The molecule has 0 spiro atoms. The van der Waals surface area contributed by atoms with E-state index in [4.69, 9.17) is 16.0 Å². The summed E-state index contributed by atoms with van der Waals surface area (Å²) < 4.78 is 5.74. The maximum absolute atomic E-state index is 11.9. The quantitative estimate of drug-likeness (QED) is 0.712. The fraction of sp³-hybridized carbons (Fsp3) is 0.333. The first kappa shape index (κ1) is 17.4. The van der Waals surface area contributed by atoms with Crippen LogP contribution in [0.1, 0.15) is 47.6 Å². The summed E-state index contributed by atoms with van der Waals surface area (Å²) in [6, 6.07) is 7.95. The molecule has 2 aromatic rings. The lowest BCUT2D eigenvalue weighted by atomic mass is 10.2. The van der Waals surface area contributed by atoms with Gasteiger partial charge in [0.1, 0.15) is 17.3 Å². The molecular weight excluding hydrogens is 344 g/mol. The third kappa shape index (κ3) is 4.33. The largest absolute Gasteiger partial charge is 0.507 e. The second-order valence-corrected chi connectivity index (χ2v) is 6.72. The van der Waals surface area contributed by atoms with Crippen molar-refractivity contribution in [1.29, 1.82) is 0 Å². The van der Waals surface area contributed by atoms with Crippen molar-refractivity contribution in [1.82, 2.24) is 10.9 Å². The molecule has 3 N–H and O–H groups in total. The smallest absolute Gasteiger partial charge is 0.273 e. The summed E-state index contributed by atoms with van der Waals surface area (Å²) >= 11 is 5.79. The van der Waals surface area contributed by atoms with Crippen LogP contribution >= 0.6 is 11.6 Å². The molecule has 132 valence electrons. The molecule has 1 aromatic carbocycles. The number of nitrogens with one attached hydrogen (secondary N) is 2. The Morgan fingerprint density at radius 3 is 2.76 bits per heavy atom. The predicted molar refractivity (Wildman–Crippen MR) is 92.3 cm³/mol. The SMILES string of the molecule is CC1CC1c1ccc(CCC(=O)NNC(=O)c2cc(Cl)ccc2O)o1. The van der Waals surface area contributed by atoms with Crippen LogP contribution in [0.3, 0.4) is 0 Å². The third-order valence-electron chi connectivity index (χ3n) is 4.27. The number of amides is 2. The highest BCUT2D eigenvalue weighted by Crippen LogP contribution is 2.47. The maximum atomic E-state index is 11.9. The molecule has 1 saturated carbocycles. The number of furan rings is 1. The fourth-order valence-corrected chi connectivity index (χ4v) is 2.80. The standard InChI is InChI=1S/C18H19ClN2O4/c1-10-8-13(10)16-6-3-12(25-16)4-7-17(23)20-21-18(24)14-9-11(19)2-5-15(14)22/h2-3,5-6,9-10,13,22H,4,7-8H2,1H3,(H,20,23)(H,21,24). The molecule has 1 heterocycles. The summed E-state index contributed by atoms with van der Waals surface area (Å²) in [6.45, 7) is 2.18. The Morgan fingerprint density at radius 2 is 2.04 bits per heavy atom. The summed E-state index contributed by atoms with van der Waals surface area (Å²) in [5, 5.41) is 9.96. The Balaban J connectivity index is 1.45. The van der Waals surface area contributed by atoms with Gasteiger partial charge in [0, 0.05) is 23.8 Å². The van der Waals surface area contributed by atoms with Crippen LogP contribution in [0.5, 0.6) is 5.75 Å². The van der Waals surface area contributed by atoms with E-state index in [-0.39, 0.29) is 23.6 Å². The topological polar surface area (TPSA) is 91.6 Å². The molecular formula is C18H19ClN2O4. The molecule has 0 bridgehead atoms. The maximum Gasteiger partial charge on any atom is 0.273 e. The first-order valence-corrected chi connectivity index (χ1v) is 8.48. The van der Waals surface area contributed by atoms with E-state index in [0.29, 0.717) is 23.3 Å². The molecule has 6 nitrogen and oxygen atoms in total. The molecule has 2 unspecified atom stereocenters. The number of aromatic hydroxyl groups is 1. The lowest BCUT2D eigenvalue weighted by molar-refractivity contribution is -0.121. The van der Waals surface area contributed by atoms with Gasteiger partial charge in [0.2, 0.25) is 5.91 Å². The first-order chi connectivity index (χ1) is 11.9. The van der Waals surface area contributed by atoms with E-state index >= 15 is 0 Å². The normalized spacial score (nSPS) is 18.6. The number of halogens is 1. The Labute approximate surface area is 150 Å². The lowest BCUT2D eigenvalue weighted by Gasteiger charge is -2.08. The van der Waals surface area contributed by atoms with Gasteiger partial charge in [0.15, 0.2) is 0 Å². The highest BCUT2D eigenvalue weighted by Gasteiger charge is 2.36. The van der Waals surface area contributed by atoms with Crippen LogP contribution in [0.4, 0.5) is 0 Å². The molecule has 2 amide bonds. The lowest BCUT2D eigenvalue weighted by Crippen LogP contribution is -2.41. The van der Waals surface area contributed by atoms with Gasteiger partial charge in [0.05, 0.1) is 5.56 Å². The molecule has 25 heavy (non-hydrogen) atoms. The molecule has 1 aliphatic rings. The monoisotopic (exact) mass is 362 g/mol. The van der Waals surface area contributed by atoms with Gasteiger partial charge < -0.3 is 9.52 Å². The zero-order valence-electron chi connectivity index (χ0n) is 13.7.